The summed E-state index contributed by atoms with van der Waals surface area (Å²) in [7, 11) is 0. The SMILES string of the molecule is OC1[C@H](O)CN(CCc2c(F)cc(-c3ccccc3)cc2F)C[C@@H]1O. The fourth-order valence-electron chi connectivity index (χ4n) is 3.17. The molecule has 2 aromatic rings. The van der Waals surface area contributed by atoms with Crippen molar-refractivity contribution in [3.05, 3.63) is 59.7 Å². The van der Waals surface area contributed by atoms with Gasteiger partial charge in [0.05, 0.1) is 12.2 Å². The third-order valence-corrected chi connectivity index (χ3v) is 4.61. The second-order valence-electron chi connectivity index (χ2n) is 6.42. The Morgan fingerprint density at radius 1 is 0.880 bits per heavy atom. The Morgan fingerprint density at radius 3 is 2.00 bits per heavy atom. The first-order valence-electron chi connectivity index (χ1n) is 8.25. The van der Waals surface area contributed by atoms with Crippen LogP contribution in [-0.4, -0.2) is 58.2 Å². The maximum Gasteiger partial charge on any atom is 0.129 e. The summed E-state index contributed by atoms with van der Waals surface area (Å²) in [6.07, 6.45) is -3.21. The van der Waals surface area contributed by atoms with Crippen LogP contribution in [0, 0.1) is 11.6 Å². The second kappa shape index (κ2) is 7.58. The molecule has 134 valence electrons. The van der Waals surface area contributed by atoms with E-state index in [2.05, 4.69) is 0 Å². The van der Waals surface area contributed by atoms with Crippen molar-refractivity contribution in [3.8, 4) is 11.1 Å². The average Bonchev–Trinajstić information content (AvgIpc) is 2.59. The van der Waals surface area contributed by atoms with Crippen molar-refractivity contribution in [3.63, 3.8) is 0 Å². The number of aliphatic hydroxyl groups excluding tert-OH is 3. The Bertz CT molecular complexity index is 691. The van der Waals surface area contributed by atoms with Crippen molar-refractivity contribution in [1.82, 2.24) is 4.90 Å². The molecule has 0 radical (unpaired) electrons. The monoisotopic (exact) mass is 349 g/mol. The molecule has 3 N–H and O–H groups in total. The highest BCUT2D eigenvalue weighted by molar-refractivity contribution is 5.63. The van der Waals surface area contributed by atoms with E-state index in [4.69, 9.17) is 0 Å². The Morgan fingerprint density at radius 2 is 1.44 bits per heavy atom. The Balaban J connectivity index is 1.71. The van der Waals surface area contributed by atoms with E-state index in [1.165, 1.54) is 12.1 Å². The van der Waals surface area contributed by atoms with E-state index in [1.807, 2.05) is 6.07 Å². The summed E-state index contributed by atoms with van der Waals surface area (Å²) < 4.78 is 28.7. The zero-order chi connectivity index (χ0) is 18.0. The number of likely N-dealkylation sites (tertiary alicyclic amines) is 1. The number of rotatable bonds is 4. The fourth-order valence-corrected chi connectivity index (χ4v) is 3.17. The number of hydrogen-bond acceptors (Lipinski definition) is 4. The van der Waals surface area contributed by atoms with Crippen LogP contribution in [0.5, 0.6) is 0 Å². The number of nitrogens with zero attached hydrogens (tertiary/aromatic N) is 1. The molecule has 6 heteroatoms. The van der Waals surface area contributed by atoms with Crippen LogP contribution in [0.25, 0.3) is 11.1 Å². The van der Waals surface area contributed by atoms with Crippen molar-refractivity contribution < 1.29 is 24.1 Å². The molecule has 1 aliphatic heterocycles. The normalized spacial score (nSPS) is 24.4. The van der Waals surface area contributed by atoms with Gasteiger partial charge in [0.25, 0.3) is 0 Å². The minimum atomic E-state index is -1.19. The summed E-state index contributed by atoms with van der Waals surface area (Å²) in [4.78, 5) is 1.69. The Hall–Kier alpha value is -1.86. The van der Waals surface area contributed by atoms with E-state index < -0.39 is 29.9 Å². The molecule has 0 aromatic heterocycles. The van der Waals surface area contributed by atoms with Gasteiger partial charge in [-0.3, -0.25) is 4.90 Å². The number of aliphatic hydroxyl groups is 3. The van der Waals surface area contributed by atoms with E-state index in [-0.39, 0.29) is 31.6 Å². The predicted molar refractivity (Wildman–Crippen MR) is 90.0 cm³/mol. The summed E-state index contributed by atoms with van der Waals surface area (Å²) in [6.45, 7) is 0.590. The summed E-state index contributed by atoms with van der Waals surface area (Å²) >= 11 is 0. The molecule has 0 amide bonds. The fraction of sp³-hybridized carbons (Fsp3) is 0.368. The topological polar surface area (TPSA) is 63.9 Å². The predicted octanol–water partition coefficient (Wildman–Crippen LogP) is 1.57. The number of piperidine rings is 1. The number of benzene rings is 2. The molecule has 0 saturated carbocycles. The van der Waals surface area contributed by atoms with Crippen molar-refractivity contribution in [2.24, 2.45) is 0 Å². The summed E-state index contributed by atoms with van der Waals surface area (Å²) in [5, 5.41) is 28.9. The highest BCUT2D eigenvalue weighted by atomic mass is 19.1. The molecule has 0 aliphatic carbocycles. The first-order valence-corrected chi connectivity index (χ1v) is 8.25. The molecule has 4 nitrogen and oxygen atoms in total. The Labute approximate surface area is 145 Å². The zero-order valence-corrected chi connectivity index (χ0v) is 13.6. The van der Waals surface area contributed by atoms with Gasteiger partial charge < -0.3 is 15.3 Å². The highest BCUT2D eigenvalue weighted by Crippen LogP contribution is 2.25. The van der Waals surface area contributed by atoms with Gasteiger partial charge in [-0.25, -0.2) is 8.78 Å². The van der Waals surface area contributed by atoms with Crippen molar-refractivity contribution in [2.75, 3.05) is 19.6 Å². The number of halogens is 2. The van der Waals surface area contributed by atoms with Gasteiger partial charge in [0, 0.05) is 25.2 Å². The lowest BCUT2D eigenvalue weighted by Gasteiger charge is -2.36. The van der Waals surface area contributed by atoms with E-state index in [9.17, 15) is 24.1 Å². The first kappa shape index (κ1) is 17.9. The molecule has 1 saturated heterocycles. The lowest BCUT2D eigenvalue weighted by Crippen LogP contribution is -2.55. The quantitative estimate of drug-likeness (QED) is 0.784. The lowest BCUT2D eigenvalue weighted by atomic mass is 9.99. The third-order valence-electron chi connectivity index (χ3n) is 4.61. The minimum Gasteiger partial charge on any atom is -0.389 e. The van der Waals surface area contributed by atoms with Gasteiger partial charge in [-0.15, -0.1) is 0 Å². The van der Waals surface area contributed by atoms with Crippen molar-refractivity contribution in [2.45, 2.75) is 24.7 Å². The van der Waals surface area contributed by atoms with Crippen LogP contribution in [0.2, 0.25) is 0 Å². The van der Waals surface area contributed by atoms with E-state index in [1.54, 1.807) is 29.2 Å². The summed E-state index contributed by atoms with van der Waals surface area (Å²) in [5.41, 5.74) is 1.20. The van der Waals surface area contributed by atoms with Crippen LogP contribution in [-0.2, 0) is 6.42 Å². The first-order chi connectivity index (χ1) is 12.0. The molecule has 3 rings (SSSR count). The molecule has 0 bridgehead atoms. The standard InChI is InChI=1S/C19H21F2NO3/c20-15-8-13(12-4-2-1-3-5-12)9-16(21)14(15)6-7-22-10-17(23)19(25)18(24)11-22/h1-5,8-9,17-19,23-25H,6-7,10-11H2/t17-,18+,19?. The van der Waals surface area contributed by atoms with Crippen LogP contribution < -0.4 is 0 Å². The molecule has 0 spiro atoms. The molecule has 1 unspecified atom stereocenters. The van der Waals surface area contributed by atoms with E-state index >= 15 is 0 Å². The van der Waals surface area contributed by atoms with E-state index in [0.29, 0.717) is 5.56 Å². The maximum absolute atomic E-state index is 14.4. The summed E-state index contributed by atoms with van der Waals surface area (Å²) in [5.74, 6) is -1.23. The van der Waals surface area contributed by atoms with Gasteiger partial charge in [0.2, 0.25) is 0 Å². The largest absolute Gasteiger partial charge is 0.389 e. The van der Waals surface area contributed by atoms with E-state index in [0.717, 1.165) is 5.56 Å². The molecule has 3 atom stereocenters. The number of β-amino-alcohol motifs (C(OH)–C–C–N with tert-alkyl or cyclic N) is 2. The zero-order valence-electron chi connectivity index (χ0n) is 13.6. The molecule has 1 fully saturated rings. The molecule has 1 heterocycles. The lowest BCUT2D eigenvalue weighted by molar-refractivity contribution is -0.109. The Kier molecular flexibility index (Phi) is 5.44. The molecular formula is C19H21F2NO3. The van der Waals surface area contributed by atoms with Gasteiger partial charge >= 0.3 is 0 Å². The molecule has 2 aromatic carbocycles. The van der Waals surface area contributed by atoms with Crippen molar-refractivity contribution >= 4 is 0 Å². The summed E-state index contributed by atoms with van der Waals surface area (Å²) in [6, 6.07) is 11.7. The van der Waals surface area contributed by atoms with Gasteiger partial charge in [0.1, 0.15) is 17.7 Å². The second-order valence-corrected chi connectivity index (χ2v) is 6.42. The van der Waals surface area contributed by atoms with Gasteiger partial charge in [-0.2, -0.15) is 0 Å². The molecule has 1 aliphatic rings. The smallest absolute Gasteiger partial charge is 0.129 e. The average molecular weight is 349 g/mol. The van der Waals surface area contributed by atoms with Crippen LogP contribution in [0.15, 0.2) is 42.5 Å². The van der Waals surface area contributed by atoms with Gasteiger partial charge in [-0.05, 0) is 29.7 Å². The minimum absolute atomic E-state index is 0.0187. The van der Waals surface area contributed by atoms with Gasteiger partial charge in [-0.1, -0.05) is 30.3 Å². The van der Waals surface area contributed by atoms with Crippen LogP contribution >= 0.6 is 0 Å². The maximum atomic E-state index is 14.4. The van der Waals surface area contributed by atoms with Crippen LogP contribution in [0.3, 0.4) is 0 Å². The van der Waals surface area contributed by atoms with Crippen LogP contribution in [0.1, 0.15) is 5.56 Å². The molecular weight excluding hydrogens is 328 g/mol. The van der Waals surface area contributed by atoms with Crippen LogP contribution in [0.4, 0.5) is 8.78 Å². The third kappa shape index (κ3) is 4.04. The number of hydrogen-bond donors (Lipinski definition) is 3. The molecule has 25 heavy (non-hydrogen) atoms. The van der Waals surface area contributed by atoms with Gasteiger partial charge in [0.15, 0.2) is 0 Å². The van der Waals surface area contributed by atoms with Crippen molar-refractivity contribution in [1.29, 1.82) is 0 Å². The highest BCUT2D eigenvalue weighted by Gasteiger charge is 2.33.